The lowest BCUT2D eigenvalue weighted by molar-refractivity contribution is -0.134. The maximum Gasteiger partial charge on any atom is 0.328 e. The summed E-state index contributed by atoms with van der Waals surface area (Å²) in [6.07, 6.45) is 3.01. The van der Waals surface area contributed by atoms with Crippen molar-refractivity contribution in [3.8, 4) is 5.75 Å². The van der Waals surface area contributed by atoms with Crippen LogP contribution in [0.3, 0.4) is 0 Å². The number of rotatable bonds is 9. The number of methoxy groups -OCH3 is 1. The Morgan fingerprint density at radius 2 is 1.74 bits per heavy atom. The first-order valence-corrected chi connectivity index (χ1v) is 11.1. The van der Waals surface area contributed by atoms with Crippen molar-refractivity contribution in [1.82, 2.24) is 5.32 Å². The Labute approximate surface area is 205 Å². The van der Waals surface area contributed by atoms with E-state index in [1.807, 2.05) is 24.3 Å². The van der Waals surface area contributed by atoms with Crippen LogP contribution in [0.4, 0.5) is 0 Å². The molecule has 3 N–H and O–H groups in total. The molecule has 6 nitrogen and oxygen atoms in total. The average molecular weight is 580 g/mol. The molecule has 0 aliphatic carbocycles. The van der Waals surface area contributed by atoms with Crippen molar-refractivity contribution >= 4 is 57.7 Å². The van der Waals surface area contributed by atoms with Gasteiger partial charge in [-0.2, -0.15) is 0 Å². The largest absolute Gasteiger partial charge is 0.497 e. The van der Waals surface area contributed by atoms with Gasteiger partial charge in [-0.1, -0.05) is 29.3 Å². The fourth-order valence-electron chi connectivity index (χ4n) is 2.54. The predicted molar refractivity (Wildman–Crippen MR) is 131 cm³/mol. The molecule has 1 atom stereocenters. The Hall–Kier alpha value is -1.81. The molecule has 0 radical (unpaired) electrons. The lowest BCUT2D eigenvalue weighted by Gasteiger charge is -2.16. The van der Waals surface area contributed by atoms with Crippen LogP contribution in [-0.2, 0) is 22.4 Å². The molecular weight excluding hydrogens is 556 g/mol. The molecule has 0 heterocycles. The second kappa shape index (κ2) is 14.3. The molecule has 2 aromatic rings. The number of halogens is 3. The first kappa shape index (κ1) is 27.2. The maximum atomic E-state index is 9.55. The van der Waals surface area contributed by atoms with Gasteiger partial charge in [-0.25, -0.2) is 9.59 Å². The van der Waals surface area contributed by atoms with Gasteiger partial charge in [0.25, 0.3) is 0 Å². The molecule has 168 valence electrons. The van der Waals surface area contributed by atoms with Gasteiger partial charge >= 0.3 is 11.9 Å². The van der Waals surface area contributed by atoms with Crippen molar-refractivity contribution in [2.45, 2.75) is 25.8 Å². The van der Waals surface area contributed by atoms with Crippen LogP contribution < -0.4 is 10.1 Å². The zero-order chi connectivity index (χ0) is 23.4. The first-order valence-electron chi connectivity index (χ1n) is 9.26. The van der Waals surface area contributed by atoms with E-state index < -0.39 is 11.9 Å². The zero-order valence-electron chi connectivity index (χ0n) is 17.1. The summed E-state index contributed by atoms with van der Waals surface area (Å²) >= 11 is 14.3. The molecule has 1 unspecified atom stereocenters. The fraction of sp³-hybridized carbons (Fsp3) is 0.273. The summed E-state index contributed by atoms with van der Waals surface area (Å²) in [4.78, 5) is 19.1. The van der Waals surface area contributed by atoms with Crippen molar-refractivity contribution < 1.29 is 24.5 Å². The Bertz CT molecular complexity index is 905. The number of benzene rings is 2. The third-order valence-corrected chi connectivity index (χ3v) is 5.83. The van der Waals surface area contributed by atoms with E-state index in [1.54, 1.807) is 7.11 Å². The lowest BCUT2D eigenvalue weighted by atomic mass is 10.1. The molecule has 0 spiro atoms. The van der Waals surface area contributed by atoms with E-state index in [-0.39, 0.29) is 0 Å². The Kier molecular flexibility index (Phi) is 12.5. The predicted octanol–water partition coefficient (Wildman–Crippen LogP) is 5.08. The second-order valence-corrected chi connectivity index (χ2v) is 8.50. The van der Waals surface area contributed by atoms with Crippen molar-refractivity contribution in [2.24, 2.45) is 0 Å². The molecule has 0 aliphatic rings. The summed E-state index contributed by atoms with van der Waals surface area (Å²) < 4.78 is 6.57. The zero-order valence-corrected chi connectivity index (χ0v) is 20.7. The Morgan fingerprint density at radius 1 is 1.10 bits per heavy atom. The Morgan fingerprint density at radius 3 is 2.29 bits per heavy atom. The number of carboxylic acids is 2. The highest BCUT2D eigenvalue weighted by Gasteiger charge is 2.08. The minimum absolute atomic E-state index is 0.387. The van der Waals surface area contributed by atoms with Crippen LogP contribution in [0.15, 0.2) is 48.6 Å². The van der Waals surface area contributed by atoms with Crippen LogP contribution in [0.1, 0.15) is 18.1 Å². The number of carboxylic acid groups (broad SMARTS) is 2. The SMILES string of the molecule is COc1ccc(I)c(CC(C)NCCc2ccc(Cl)c(Cl)c2)c1.O=C(O)C=CC(=O)O. The molecule has 0 saturated heterocycles. The third kappa shape index (κ3) is 11.4. The van der Waals surface area contributed by atoms with Crippen molar-refractivity contribution in [1.29, 1.82) is 0 Å². The number of hydrogen-bond acceptors (Lipinski definition) is 4. The highest BCUT2D eigenvalue weighted by Crippen LogP contribution is 2.23. The van der Waals surface area contributed by atoms with E-state index in [1.165, 1.54) is 14.7 Å². The summed E-state index contributed by atoms with van der Waals surface area (Å²) in [6.45, 7) is 3.10. The van der Waals surface area contributed by atoms with Gasteiger partial charge in [-0.3, -0.25) is 0 Å². The number of hydrogen-bond donors (Lipinski definition) is 3. The molecule has 0 fully saturated rings. The highest BCUT2D eigenvalue weighted by atomic mass is 127. The van der Waals surface area contributed by atoms with Gasteiger partial charge in [0, 0.05) is 21.8 Å². The van der Waals surface area contributed by atoms with Crippen LogP contribution in [-0.4, -0.2) is 41.8 Å². The summed E-state index contributed by atoms with van der Waals surface area (Å²) in [6, 6.07) is 12.4. The minimum atomic E-state index is -1.26. The fourth-order valence-corrected chi connectivity index (χ4v) is 3.41. The molecule has 9 heteroatoms. The number of aliphatic carboxylic acids is 2. The summed E-state index contributed by atoms with van der Waals surface area (Å²) in [5, 5.41) is 20.4. The molecule has 0 aromatic heterocycles. The van der Waals surface area contributed by atoms with E-state index >= 15 is 0 Å². The molecule has 2 rings (SSSR count). The minimum Gasteiger partial charge on any atom is -0.497 e. The standard InChI is InChI=1S/C18H20Cl2INO.C4H4O4/c1-12(9-14-11-15(23-2)4-6-18(14)21)22-8-7-13-3-5-16(19)17(20)10-13;5-3(6)1-2-4(7)8/h3-6,10-12,22H,7-9H2,1-2H3;1-2H,(H,5,6)(H,7,8). The molecular formula is C22H24Cl2INO5. The van der Waals surface area contributed by atoms with Crippen LogP contribution in [0, 0.1) is 3.57 Å². The van der Waals surface area contributed by atoms with E-state index in [4.69, 9.17) is 38.2 Å². The maximum absolute atomic E-state index is 9.55. The van der Waals surface area contributed by atoms with E-state index in [2.05, 4.69) is 47.0 Å². The van der Waals surface area contributed by atoms with E-state index in [0.717, 1.165) is 25.1 Å². The topological polar surface area (TPSA) is 95.9 Å². The van der Waals surface area contributed by atoms with Gasteiger partial charge in [0.2, 0.25) is 0 Å². The van der Waals surface area contributed by atoms with Gasteiger partial charge in [-0.05, 0) is 90.4 Å². The summed E-state index contributed by atoms with van der Waals surface area (Å²) in [5.74, 6) is -1.61. The van der Waals surface area contributed by atoms with Crippen molar-refractivity contribution in [2.75, 3.05) is 13.7 Å². The number of ether oxygens (including phenoxy) is 1. The van der Waals surface area contributed by atoms with E-state index in [9.17, 15) is 9.59 Å². The van der Waals surface area contributed by atoms with Gasteiger partial charge in [0.15, 0.2) is 0 Å². The molecule has 31 heavy (non-hydrogen) atoms. The van der Waals surface area contributed by atoms with Gasteiger partial charge in [0.1, 0.15) is 5.75 Å². The number of carbonyl (C=O) groups is 2. The van der Waals surface area contributed by atoms with Gasteiger partial charge < -0.3 is 20.3 Å². The number of nitrogens with one attached hydrogen (secondary N) is 1. The first-order chi connectivity index (χ1) is 14.6. The monoisotopic (exact) mass is 579 g/mol. The molecule has 0 amide bonds. The summed E-state index contributed by atoms with van der Waals surface area (Å²) in [7, 11) is 1.70. The molecule has 0 bridgehead atoms. The van der Waals surface area contributed by atoms with Crippen molar-refractivity contribution in [3.05, 3.63) is 73.3 Å². The van der Waals surface area contributed by atoms with Gasteiger partial charge in [0.05, 0.1) is 17.2 Å². The summed E-state index contributed by atoms with van der Waals surface area (Å²) in [5.41, 5.74) is 2.49. The molecule has 0 aliphatic heterocycles. The quantitative estimate of drug-likeness (QED) is 0.283. The van der Waals surface area contributed by atoms with Crippen LogP contribution in [0.5, 0.6) is 5.75 Å². The molecule has 2 aromatic carbocycles. The van der Waals surface area contributed by atoms with Crippen LogP contribution >= 0.6 is 45.8 Å². The lowest BCUT2D eigenvalue weighted by Crippen LogP contribution is -2.30. The third-order valence-electron chi connectivity index (χ3n) is 4.04. The highest BCUT2D eigenvalue weighted by molar-refractivity contribution is 14.1. The average Bonchev–Trinajstić information content (AvgIpc) is 2.71. The van der Waals surface area contributed by atoms with E-state index in [0.29, 0.717) is 28.2 Å². The normalized spacial score (nSPS) is 11.5. The molecule has 0 saturated carbocycles. The second-order valence-electron chi connectivity index (χ2n) is 6.52. The van der Waals surface area contributed by atoms with Crippen LogP contribution in [0.2, 0.25) is 10.0 Å². The Balaban J connectivity index is 0.000000512. The van der Waals surface area contributed by atoms with Crippen LogP contribution in [0.25, 0.3) is 0 Å². The van der Waals surface area contributed by atoms with Crippen molar-refractivity contribution in [3.63, 3.8) is 0 Å². The smallest absolute Gasteiger partial charge is 0.328 e. The van der Waals surface area contributed by atoms with Gasteiger partial charge in [-0.15, -0.1) is 0 Å².